The Morgan fingerprint density at radius 2 is 2.04 bits per heavy atom. The van der Waals surface area contributed by atoms with E-state index < -0.39 is 0 Å². The summed E-state index contributed by atoms with van der Waals surface area (Å²) < 4.78 is 16.2. The molecular weight excluding hydrogens is 360 g/mol. The van der Waals surface area contributed by atoms with Crippen LogP contribution in [0.4, 0.5) is 0 Å². The first-order valence-corrected chi connectivity index (χ1v) is 9.95. The smallest absolute Gasteiger partial charge is 0.254 e. The van der Waals surface area contributed by atoms with Crippen LogP contribution in [0.25, 0.3) is 0 Å². The van der Waals surface area contributed by atoms with Crippen molar-refractivity contribution in [3.05, 3.63) is 23.8 Å². The van der Waals surface area contributed by atoms with E-state index in [0.29, 0.717) is 30.3 Å². The minimum atomic E-state index is -0.0372. The van der Waals surface area contributed by atoms with Crippen molar-refractivity contribution in [1.82, 2.24) is 10.2 Å². The van der Waals surface area contributed by atoms with E-state index in [1.165, 1.54) is 0 Å². The number of rotatable bonds is 10. The fraction of sp³-hybridized carbons (Fsp3) is 0.667. The Bertz CT molecular complexity index is 623. The van der Waals surface area contributed by atoms with Crippen molar-refractivity contribution in [2.24, 2.45) is 5.92 Å². The van der Waals surface area contributed by atoms with Gasteiger partial charge in [-0.3, -0.25) is 4.79 Å². The second-order valence-electron chi connectivity index (χ2n) is 7.46. The van der Waals surface area contributed by atoms with Crippen LogP contribution in [0.15, 0.2) is 18.2 Å². The number of ether oxygens (including phenoxy) is 3. The molecule has 1 aromatic rings. The van der Waals surface area contributed by atoms with Crippen molar-refractivity contribution in [3.8, 4) is 11.5 Å². The topological polar surface area (TPSA) is 80.3 Å². The van der Waals surface area contributed by atoms with Crippen LogP contribution in [-0.2, 0) is 4.74 Å². The molecule has 7 nitrogen and oxygen atoms in total. The summed E-state index contributed by atoms with van der Waals surface area (Å²) in [6, 6.07) is 5.39. The maximum absolute atomic E-state index is 13.3. The molecule has 1 saturated heterocycles. The molecule has 2 rings (SSSR count). The lowest BCUT2D eigenvalue weighted by Gasteiger charge is -2.40. The van der Waals surface area contributed by atoms with E-state index in [1.54, 1.807) is 32.4 Å². The van der Waals surface area contributed by atoms with Crippen molar-refractivity contribution < 1.29 is 24.1 Å². The molecule has 1 heterocycles. The normalized spacial score (nSPS) is 19.5. The molecule has 0 radical (unpaired) electrons. The third-order valence-electron chi connectivity index (χ3n) is 5.02. The number of carbonyl (C=O) groups is 1. The van der Waals surface area contributed by atoms with Gasteiger partial charge >= 0.3 is 0 Å². The molecule has 0 saturated carbocycles. The van der Waals surface area contributed by atoms with Crippen molar-refractivity contribution in [1.29, 1.82) is 0 Å². The number of hydrogen-bond donors (Lipinski definition) is 2. The van der Waals surface area contributed by atoms with Crippen molar-refractivity contribution >= 4 is 5.91 Å². The summed E-state index contributed by atoms with van der Waals surface area (Å²) in [5.74, 6) is 1.29. The monoisotopic (exact) mass is 394 g/mol. The number of nitrogens with one attached hydrogen (secondary N) is 1. The Balaban J connectivity index is 2.19. The second kappa shape index (κ2) is 11.2. The molecule has 0 aliphatic carbocycles. The van der Waals surface area contributed by atoms with E-state index in [9.17, 15) is 9.90 Å². The first-order valence-electron chi connectivity index (χ1n) is 9.95. The average molecular weight is 395 g/mol. The molecule has 28 heavy (non-hydrogen) atoms. The zero-order chi connectivity index (χ0) is 20.5. The molecule has 0 bridgehead atoms. The Morgan fingerprint density at radius 1 is 1.25 bits per heavy atom. The van der Waals surface area contributed by atoms with E-state index in [2.05, 4.69) is 5.32 Å². The zero-order valence-electron chi connectivity index (χ0n) is 17.4. The highest BCUT2D eigenvalue weighted by molar-refractivity contribution is 5.95. The van der Waals surface area contributed by atoms with E-state index in [4.69, 9.17) is 14.2 Å². The molecule has 1 aromatic carbocycles. The van der Waals surface area contributed by atoms with Crippen molar-refractivity contribution in [3.63, 3.8) is 0 Å². The van der Waals surface area contributed by atoms with Gasteiger partial charge in [-0.1, -0.05) is 0 Å². The lowest BCUT2D eigenvalue weighted by atomic mass is 9.94. The number of benzene rings is 1. The number of carbonyl (C=O) groups excluding carboxylic acids is 1. The molecule has 1 amide bonds. The van der Waals surface area contributed by atoms with Crippen molar-refractivity contribution in [2.45, 2.75) is 38.8 Å². The SMILES string of the molecule is COCCCOc1cc(C(=O)N(C(C)C)C2CNC[C@@H](CO)C2)ccc1OC. The number of nitrogens with zero attached hydrogens (tertiary/aromatic N) is 1. The van der Waals surface area contributed by atoms with Crippen LogP contribution < -0.4 is 14.8 Å². The molecule has 2 N–H and O–H groups in total. The minimum Gasteiger partial charge on any atom is -0.493 e. The summed E-state index contributed by atoms with van der Waals surface area (Å²) in [7, 11) is 3.24. The van der Waals surface area contributed by atoms with Gasteiger partial charge in [0.25, 0.3) is 5.91 Å². The second-order valence-corrected chi connectivity index (χ2v) is 7.46. The molecule has 1 aliphatic heterocycles. The van der Waals surface area contributed by atoms with Gasteiger partial charge in [-0.05, 0) is 44.4 Å². The van der Waals surface area contributed by atoms with Gasteiger partial charge in [0.2, 0.25) is 0 Å². The van der Waals surface area contributed by atoms with E-state index in [1.807, 2.05) is 18.7 Å². The predicted octanol–water partition coefficient (Wildman–Crippen LogP) is 1.93. The Morgan fingerprint density at radius 3 is 2.68 bits per heavy atom. The Kier molecular flexibility index (Phi) is 9.02. The van der Waals surface area contributed by atoms with Gasteiger partial charge in [-0.15, -0.1) is 0 Å². The van der Waals surface area contributed by atoms with Gasteiger partial charge in [0, 0.05) is 57.5 Å². The summed E-state index contributed by atoms with van der Waals surface area (Å²) in [4.78, 5) is 15.2. The molecule has 1 unspecified atom stereocenters. The molecule has 1 aliphatic rings. The number of piperidine rings is 1. The third-order valence-corrected chi connectivity index (χ3v) is 5.02. The summed E-state index contributed by atoms with van der Waals surface area (Å²) in [5.41, 5.74) is 0.572. The molecule has 7 heteroatoms. The molecule has 0 spiro atoms. The van der Waals surface area contributed by atoms with Crippen LogP contribution in [0, 0.1) is 5.92 Å². The molecule has 2 atom stereocenters. The Hall–Kier alpha value is -1.83. The van der Waals surface area contributed by atoms with Gasteiger partial charge in [0.1, 0.15) is 0 Å². The number of amides is 1. The number of aliphatic hydroxyl groups is 1. The third kappa shape index (κ3) is 5.83. The molecular formula is C21H34N2O5. The molecule has 1 fully saturated rings. The highest BCUT2D eigenvalue weighted by Gasteiger charge is 2.32. The largest absolute Gasteiger partial charge is 0.493 e. The summed E-state index contributed by atoms with van der Waals surface area (Å²) in [6.07, 6.45) is 1.55. The maximum Gasteiger partial charge on any atom is 0.254 e. The van der Waals surface area contributed by atoms with Gasteiger partial charge in [0.05, 0.1) is 13.7 Å². The van der Waals surface area contributed by atoms with E-state index >= 15 is 0 Å². The van der Waals surface area contributed by atoms with Crippen LogP contribution in [0.2, 0.25) is 0 Å². The van der Waals surface area contributed by atoms with Gasteiger partial charge in [-0.2, -0.15) is 0 Å². The van der Waals surface area contributed by atoms with Crippen LogP contribution in [0.1, 0.15) is 37.0 Å². The molecule has 158 valence electrons. The summed E-state index contributed by atoms with van der Waals surface area (Å²) >= 11 is 0. The Labute approximate surface area is 168 Å². The van der Waals surface area contributed by atoms with Gasteiger partial charge in [-0.25, -0.2) is 0 Å². The summed E-state index contributed by atoms with van der Waals surface area (Å²) in [5, 5.41) is 12.9. The van der Waals surface area contributed by atoms with Crippen LogP contribution in [0.5, 0.6) is 11.5 Å². The van der Waals surface area contributed by atoms with Gasteiger partial charge in [0.15, 0.2) is 11.5 Å². The quantitative estimate of drug-likeness (QED) is 0.591. The zero-order valence-corrected chi connectivity index (χ0v) is 17.4. The lowest BCUT2D eigenvalue weighted by molar-refractivity contribution is 0.0500. The minimum absolute atomic E-state index is 0.0372. The fourth-order valence-electron chi connectivity index (χ4n) is 3.64. The van der Waals surface area contributed by atoms with Crippen LogP contribution >= 0.6 is 0 Å². The highest BCUT2D eigenvalue weighted by atomic mass is 16.5. The average Bonchev–Trinajstić information content (AvgIpc) is 2.71. The van der Waals surface area contributed by atoms with Gasteiger partial charge < -0.3 is 29.5 Å². The van der Waals surface area contributed by atoms with E-state index in [0.717, 1.165) is 25.9 Å². The number of hydrogen-bond acceptors (Lipinski definition) is 6. The van der Waals surface area contributed by atoms with Crippen LogP contribution in [-0.4, -0.2) is 75.1 Å². The fourth-order valence-corrected chi connectivity index (χ4v) is 3.64. The number of methoxy groups -OCH3 is 2. The summed E-state index contributed by atoms with van der Waals surface area (Å²) in [6.45, 7) is 6.79. The predicted molar refractivity (Wildman–Crippen MR) is 108 cm³/mol. The van der Waals surface area contributed by atoms with E-state index in [-0.39, 0.29) is 30.5 Å². The molecule has 0 aromatic heterocycles. The lowest BCUT2D eigenvalue weighted by Crippen LogP contribution is -2.54. The standard InChI is InChI=1S/C21H34N2O5/c1-15(2)23(18-10-16(14-24)12-22-13-18)21(25)17-6-7-19(27-4)20(11-17)28-9-5-8-26-3/h6-7,11,15-16,18,22,24H,5,8-10,12-14H2,1-4H3/t16-,18?/m0/s1. The highest BCUT2D eigenvalue weighted by Crippen LogP contribution is 2.30. The first kappa shape index (κ1) is 22.5. The number of aliphatic hydroxyl groups excluding tert-OH is 1. The maximum atomic E-state index is 13.3. The van der Waals surface area contributed by atoms with Crippen LogP contribution in [0.3, 0.4) is 0 Å². The van der Waals surface area contributed by atoms with Crippen molar-refractivity contribution in [2.75, 3.05) is 47.1 Å². The first-order chi connectivity index (χ1) is 13.5.